The van der Waals surface area contributed by atoms with Crippen LogP contribution < -0.4 is 5.32 Å². The van der Waals surface area contributed by atoms with Crippen LogP contribution in [0.5, 0.6) is 0 Å². The number of carbonyl (C=O) groups is 1. The summed E-state index contributed by atoms with van der Waals surface area (Å²) in [4.78, 5) is 11.5. The Balaban J connectivity index is 2.00. The van der Waals surface area contributed by atoms with Crippen molar-refractivity contribution in [3.8, 4) is 0 Å². The summed E-state index contributed by atoms with van der Waals surface area (Å²) in [6.45, 7) is 0.593. The van der Waals surface area contributed by atoms with Gasteiger partial charge in [0.15, 0.2) is 0 Å². The third-order valence-corrected chi connectivity index (χ3v) is 3.07. The number of hydrogen-bond donors (Lipinski definition) is 1. The summed E-state index contributed by atoms with van der Waals surface area (Å²) < 4.78 is 17.5. The van der Waals surface area contributed by atoms with Gasteiger partial charge in [0.05, 0.1) is 12.7 Å². The Bertz CT molecular complexity index is 465. The van der Waals surface area contributed by atoms with Gasteiger partial charge in [-0.25, -0.2) is 9.18 Å². The molecule has 96 valence electrons. The molecule has 0 saturated heterocycles. The highest BCUT2D eigenvalue weighted by molar-refractivity contribution is 5.89. The van der Waals surface area contributed by atoms with Crippen molar-refractivity contribution in [3.63, 3.8) is 0 Å². The normalized spacial score (nSPS) is 14.8. The number of ether oxygens (including phenoxy) is 1. The van der Waals surface area contributed by atoms with Crippen molar-refractivity contribution in [2.75, 3.05) is 7.11 Å². The van der Waals surface area contributed by atoms with Gasteiger partial charge in [-0.2, -0.15) is 0 Å². The number of nitrogens with one attached hydrogen (secondary N) is 1. The van der Waals surface area contributed by atoms with Crippen LogP contribution in [-0.4, -0.2) is 13.1 Å². The fourth-order valence-corrected chi connectivity index (χ4v) is 2.10. The molecular formula is C14H16FNO2. The molecule has 0 aliphatic heterocycles. The van der Waals surface area contributed by atoms with E-state index in [1.807, 2.05) is 0 Å². The summed E-state index contributed by atoms with van der Waals surface area (Å²) >= 11 is 0. The van der Waals surface area contributed by atoms with Crippen molar-refractivity contribution >= 4 is 5.97 Å². The second-order valence-corrected chi connectivity index (χ2v) is 4.28. The number of carbonyl (C=O) groups excluding carboxylic acids is 1. The molecule has 0 heterocycles. The Kier molecular flexibility index (Phi) is 3.97. The van der Waals surface area contributed by atoms with E-state index in [-0.39, 0.29) is 11.8 Å². The average molecular weight is 249 g/mol. The number of rotatable bonds is 4. The van der Waals surface area contributed by atoms with Crippen LogP contribution in [-0.2, 0) is 16.1 Å². The molecule has 0 saturated carbocycles. The monoisotopic (exact) mass is 249 g/mol. The van der Waals surface area contributed by atoms with Crippen LogP contribution in [0.3, 0.4) is 0 Å². The zero-order valence-corrected chi connectivity index (χ0v) is 10.3. The van der Waals surface area contributed by atoms with E-state index < -0.39 is 0 Å². The minimum Gasteiger partial charge on any atom is -0.466 e. The van der Waals surface area contributed by atoms with Gasteiger partial charge in [0.25, 0.3) is 0 Å². The first-order chi connectivity index (χ1) is 8.70. The molecule has 0 unspecified atom stereocenters. The number of allylic oxidation sites excluding steroid dienone is 1. The fourth-order valence-electron chi connectivity index (χ4n) is 2.10. The molecule has 1 aromatic rings. The van der Waals surface area contributed by atoms with Crippen molar-refractivity contribution in [2.24, 2.45) is 0 Å². The van der Waals surface area contributed by atoms with Crippen molar-refractivity contribution in [1.29, 1.82) is 0 Å². The third-order valence-electron chi connectivity index (χ3n) is 3.07. The molecule has 0 radical (unpaired) electrons. The Labute approximate surface area is 106 Å². The zero-order valence-electron chi connectivity index (χ0n) is 10.3. The summed E-state index contributed by atoms with van der Waals surface area (Å²) in [6.07, 6.45) is 2.60. The molecule has 1 N–H and O–H groups in total. The number of halogens is 1. The first kappa shape index (κ1) is 12.6. The van der Waals surface area contributed by atoms with Gasteiger partial charge in [0.1, 0.15) is 5.82 Å². The Morgan fingerprint density at radius 1 is 1.33 bits per heavy atom. The van der Waals surface area contributed by atoms with E-state index in [1.165, 1.54) is 19.2 Å². The highest BCUT2D eigenvalue weighted by Gasteiger charge is 2.21. The van der Waals surface area contributed by atoms with Crippen LogP contribution in [0.4, 0.5) is 4.39 Å². The maximum Gasteiger partial charge on any atom is 0.335 e. The van der Waals surface area contributed by atoms with Gasteiger partial charge in [-0.15, -0.1) is 0 Å². The maximum absolute atomic E-state index is 12.8. The first-order valence-electron chi connectivity index (χ1n) is 5.99. The second-order valence-electron chi connectivity index (χ2n) is 4.28. The van der Waals surface area contributed by atoms with Gasteiger partial charge >= 0.3 is 5.97 Å². The molecule has 0 atom stereocenters. The van der Waals surface area contributed by atoms with E-state index >= 15 is 0 Å². The molecule has 3 nitrogen and oxygen atoms in total. The Morgan fingerprint density at radius 3 is 2.72 bits per heavy atom. The third kappa shape index (κ3) is 2.88. The number of benzene rings is 1. The largest absolute Gasteiger partial charge is 0.466 e. The molecule has 2 rings (SSSR count). The lowest BCUT2D eigenvalue weighted by atomic mass is 10.2. The van der Waals surface area contributed by atoms with Crippen LogP contribution in [0.1, 0.15) is 24.8 Å². The highest BCUT2D eigenvalue weighted by Crippen LogP contribution is 2.25. The second kappa shape index (κ2) is 5.67. The smallest absolute Gasteiger partial charge is 0.335 e. The molecular weight excluding hydrogens is 233 g/mol. The Hall–Kier alpha value is -1.84. The molecule has 1 aliphatic rings. The van der Waals surface area contributed by atoms with E-state index in [4.69, 9.17) is 4.74 Å². The zero-order chi connectivity index (χ0) is 13.0. The lowest BCUT2D eigenvalue weighted by Crippen LogP contribution is -2.16. The SMILES string of the molecule is COC(=O)C1=C(NCc2ccc(F)cc2)CCC1. The minimum absolute atomic E-state index is 0.242. The van der Waals surface area contributed by atoms with Crippen LogP contribution in [0, 0.1) is 5.82 Å². The van der Waals surface area contributed by atoms with Crippen molar-refractivity contribution in [1.82, 2.24) is 5.32 Å². The number of hydrogen-bond acceptors (Lipinski definition) is 3. The van der Waals surface area contributed by atoms with Gasteiger partial charge in [-0.3, -0.25) is 0 Å². The van der Waals surface area contributed by atoms with Crippen molar-refractivity contribution in [2.45, 2.75) is 25.8 Å². The van der Waals surface area contributed by atoms with Gasteiger partial charge in [0.2, 0.25) is 0 Å². The van der Waals surface area contributed by atoms with Crippen molar-refractivity contribution < 1.29 is 13.9 Å². The van der Waals surface area contributed by atoms with E-state index in [0.29, 0.717) is 6.54 Å². The predicted octanol–water partition coefficient (Wildman–Crippen LogP) is 2.53. The highest BCUT2D eigenvalue weighted by atomic mass is 19.1. The fraction of sp³-hybridized carbons (Fsp3) is 0.357. The first-order valence-corrected chi connectivity index (χ1v) is 5.99. The quantitative estimate of drug-likeness (QED) is 0.833. The van der Waals surface area contributed by atoms with Gasteiger partial charge in [0, 0.05) is 12.2 Å². The topological polar surface area (TPSA) is 38.3 Å². The van der Waals surface area contributed by atoms with Gasteiger partial charge < -0.3 is 10.1 Å². The molecule has 1 aliphatic carbocycles. The summed E-state index contributed by atoms with van der Waals surface area (Å²) in [5, 5.41) is 3.24. The molecule has 1 aromatic carbocycles. The maximum atomic E-state index is 12.8. The van der Waals surface area contributed by atoms with Crippen LogP contribution in [0.25, 0.3) is 0 Å². The van der Waals surface area contributed by atoms with Crippen molar-refractivity contribution in [3.05, 3.63) is 46.9 Å². The Morgan fingerprint density at radius 2 is 2.06 bits per heavy atom. The van der Waals surface area contributed by atoms with Crippen LogP contribution >= 0.6 is 0 Å². The summed E-state index contributed by atoms with van der Waals surface area (Å²) in [6, 6.07) is 6.33. The van der Waals surface area contributed by atoms with E-state index in [1.54, 1.807) is 12.1 Å². The summed E-state index contributed by atoms with van der Waals surface area (Å²) in [5.41, 5.74) is 2.67. The molecule has 0 aromatic heterocycles. The lowest BCUT2D eigenvalue weighted by Gasteiger charge is -2.09. The average Bonchev–Trinajstić information content (AvgIpc) is 2.85. The number of esters is 1. The summed E-state index contributed by atoms with van der Waals surface area (Å²) in [5.74, 6) is -0.497. The molecule has 0 bridgehead atoms. The predicted molar refractivity (Wildman–Crippen MR) is 66.1 cm³/mol. The molecule has 0 amide bonds. The van der Waals surface area contributed by atoms with Gasteiger partial charge in [-0.1, -0.05) is 12.1 Å². The minimum atomic E-state index is -0.255. The van der Waals surface area contributed by atoms with E-state index in [9.17, 15) is 9.18 Å². The van der Waals surface area contributed by atoms with Crippen LogP contribution in [0.15, 0.2) is 35.5 Å². The van der Waals surface area contributed by atoms with Gasteiger partial charge in [-0.05, 0) is 37.0 Å². The molecule has 18 heavy (non-hydrogen) atoms. The molecule has 0 fully saturated rings. The summed E-state index contributed by atoms with van der Waals surface area (Å²) in [7, 11) is 1.39. The molecule has 4 heteroatoms. The van der Waals surface area contributed by atoms with E-state index in [2.05, 4.69) is 5.32 Å². The standard InChI is InChI=1S/C14H16FNO2/c1-18-14(17)12-3-2-4-13(12)16-9-10-5-7-11(15)8-6-10/h5-8,16H,2-4,9H2,1H3. The van der Waals surface area contributed by atoms with Crippen LogP contribution in [0.2, 0.25) is 0 Å². The molecule has 0 spiro atoms. The van der Waals surface area contributed by atoms with E-state index in [0.717, 1.165) is 36.1 Å². The number of methoxy groups -OCH3 is 1. The lowest BCUT2D eigenvalue weighted by molar-refractivity contribution is -0.136.